The van der Waals surface area contributed by atoms with Crippen LogP contribution in [0, 0.1) is 37.1 Å². The van der Waals surface area contributed by atoms with Crippen LogP contribution in [0.15, 0.2) is 52.9 Å². The number of nitrogens with zero attached hydrogens (tertiary/aromatic N) is 2. The Morgan fingerprint density at radius 2 is 1.71 bits per heavy atom. The number of rotatable bonds is 7. The molecule has 0 atom stereocenters. The van der Waals surface area contributed by atoms with E-state index in [-0.39, 0.29) is 24.1 Å². The second kappa shape index (κ2) is 9.42. The van der Waals surface area contributed by atoms with Gasteiger partial charge in [-0.2, -0.15) is 13.9 Å². The first kappa shape index (κ1) is 23.1. The minimum absolute atomic E-state index is 0.0258. The third kappa shape index (κ3) is 4.52. The number of benzene rings is 2. The molecule has 0 bridgehead atoms. The maximum absolute atomic E-state index is 13.7. The molecule has 0 spiro atoms. The van der Waals surface area contributed by atoms with E-state index in [1.165, 1.54) is 12.1 Å². The lowest BCUT2D eigenvalue weighted by molar-refractivity contribution is 0.0918. The molecule has 0 aliphatic heterocycles. The summed E-state index contributed by atoms with van der Waals surface area (Å²) in [5.74, 6) is -8.29. The van der Waals surface area contributed by atoms with Gasteiger partial charge in [-0.05, 0) is 38.1 Å². The van der Waals surface area contributed by atoms with Gasteiger partial charge in [-0.25, -0.2) is 13.5 Å². The van der Waals surface area contributed by atoms with E-state index in [0.717, 1.165) is 22.6 Å². The van der Waals surface area contributed by atoms with Crippen LogP contribution in [0.5, 0.6) is 5.75 Å². The highest BCUT2D eigenvalue weighted by Crippen LogP contribution is 2.27. The molecular formula is C24H19F4N3O3. The minimum atomic E-state index is -1.66. The first-order valence-electron chi connectivity index (χ1n) is 10.2. The molecule has 2 aromatic heterocycles. The summed E-state index contributed by atoms with van der Waals surface area (Å²) in [4.78, 5) is 12.5. The van der Waals surface area contributed by atoms with Gasteiger partial charge in [-0.1, -0.05) is 18.2 Å². The van der Waals surface area contributed by atoms with E-state index in [2.05, 4.69) is 10.4 Å². The van der Waals surface area contributed by atoms with Gasteiger partial charge in [-0.15, -0.1) is 0 Å². The summed E-state index contributed by atoms with van der Waals surface area (Å²) in [6.45, 7) is 3.37. The van der Waals surface area contributed by atoms with Crippen LogP contribution in [0.3, 0.4) is 0 Å². The van der Waals surface area contributed by atoms with Gasteiger partial charge in [0.15, 0.2) is 23.1 Å². The number of aryl methyl sites for hydroxylation is 1. The predicted octanol–water partition coefficient (Wildman–Crippen LogP) is 5.15. The summed E-state index contributed by atoms with van der Waals surface area (Å²) in [5, 5.41) is 7.26. The second-order valence-corrected chi connectivity index (χ2v) is 7.43. The van der Waals surface area contributed by atoms with Crippen LogP contribution >= 0.6 is 0 Å². The van der Waals surface area contributed by atoms with Crippen molar-refractivity contribution in [3.05, 3.63) is 100 Å². The first-order valence-corrected chi connectivity index (χ1v) is 10.2. The SMILES string of the molecule is Cc1nn(-c2ccccc2)c(C)c1CNC(=O)c1ccc(COc2c(F)c(F)cc(F)c2F)o1. The lowest BCUT2D eigenvalue weighted by Gasteiger charge is -2.08. The van der Waals surface area contributed by atoms with Crippen LogP contribution in [-0.4, -0.2) is 15.7 Å². The van der Waals surface area contributed by atoms with Crippen molar-refractivity contribution in [3.8, 4) is 11.4 Å². The fourth-order valence-electron chi connectivity index (χ4n) is 3.41. The Bertz CT molecular complexity index is 1320. The number of nitrogens with one attached hydrogen (secondary N) is 1. The van der Waals surface area contributed by atoms with Crippen LogP contribution < -0.4 is 10.1 Å². The third-order valence-corrected chi connectivity index (χ3v) is 5.18. The summed E-state index contributed by atoms with van der Waals surface area (Å²) < 4.78 is 66.0. The average molecular weight is 473 g/mol. The van der Waals surface area contributed by atoms with Crippen molar-refractivity contribution >= 4 is 5.91 Å². The lowest BCUT2D eigenvalue weighted by Crippen LogP contribution is -2.23. The van der Waals surface area contributed by atoms with E-state index in [0.29, 0.717) is 0 Å². The van der Waals surface area contributed by atoms with Crippen molar-refractivity contribution in [1.82, 2.24) is 15.1 Å². The van der Waals surface area contributed by atoms with Crippen molar-refractivity contribution in [2.24, 2.45) is 0 Å². The Morgan fingerprint density at radius 3 is 2.38 bits per heavy atom. The molecular weight excluding hydrogens is 454 g/mol. The molecule has 0 fully saturated rings. The van der Waals surface area contributed by atoms with Gasteiger partial charge in [0, 0.05) is 23.9 Å². The van der Waals surface area contributed by atoms with Crippen molar-refractivity contribution in [2.75, 3.05) is 0 Å². The van der Waals surface area contributed by atoms with Gasteiger partial charge in [0.05, 0.1) is 11.4 Å². The molecule has 0 radical (unpaired) electrons. The summed E-state index contributed by atoms with van der Waals surface area (Å²) in [6, 6.07) is 12.3. The molecule has 176 valence electrons. The number of hydrogen-bond donors (Lipinski definition) is 1. The van der Waals surface area contributed by atoms with Crippen LogP contribution in [0.25, 0.3) is 5.69 Å². The van der Waals surface area contributed by atoms with Crippen molar-refractivity contribution in [2.45, 2.75) is 27.0 Å². The van der Waals surface area contributed by atoms with Crippen LogP contribution in [0.4, 0.5) is 17.6 Å². The smallest absolute Gasteiger partial charge is 0.287 e. The van der Waals surface area contributed by atoms with E-state index in [4.69, 9.17) is 9.15 Å². The Hall–Kier alpha value is -4.08. The second-order valence-electron chi connectivity index (χ2n) is 7.43. The zero-order chi connectivity index (χ0) is 24.4. The highest BCUT2D eigenvalue weighted by molar-refractivity contribution is 5.91. The topological polar surface area (TPSA) is 69.3 Å². The lowest BCUT2D eigenvalue weighted by atomic mass is 10.2. The summed E-state index contributed by atoms with van der Waals surface area (Å²) in [7, 11) is 0. The number of aromatic nitrogens is 2. The number of carbonyl (C=O) groups excluding carboxylic acids is 1. The van der Waals surface area contributed by atoms with Gasteiger partial charge in [0.2, 0.25) is 11.6 Å². The molecule has 1 N–H and O–H groups in total. The monoisotopic (exact) mass is 473 g/mol. The van der Waals surface area contributed by atoms with E-state index < -0.39 is 41.5 Å². The number of amides is 1. The van der Waals surface area contributed by atoms with Crippen molar-refractivity contribution < 1.29 is 31.5 Å². The number of para-hydroxylation sites is 1. The Balaban J connectivity index is 1.41. The molecule has 2 heterocycles. The molecule has 6 nitrogen and oxygen atoms in total. The van der Waals surface area contributed by atoms with Gasteiger partial charge in [-0.3, -0.25) is 4.79 Å². The molecule has 4 rings (SSSR count). The summed E-state index contributed by atoms with van der Waals surface area (Å²) >= 11 is 0. The molecule has 0 aliphatic carbocycles. The number of furan rings is 1. The fourth-order valence-corrected chi connectivity index (χ4v) is 3.41. The predicted molar refractivity (Wildman–Crippen MR) is 114 cm³/mol. The molecule has 0 unspecified atom stereocenters. The minimum Gasteiger partial charge on any atom is -0.479 e. The zero-order valence-corrected chi connectivity index (χ0v) is 18.2. The number of ether oxygens (including phenoxy) is 1. The fraction of sp³-hybridized carbons (Fsp3) is 0.167. The largest absolute Gasteiger partial charge is 0.479 e. The van der Waals surface area contributed by atoms with E-state index >= 15 is 0 Å². The van der Waals surface area contributed by atoms with Gasteiger partial charge in [0.1, 0.15) is 12.4 Å². The average Bonchev–Trinajstić information content (AvgIpc) is 3.41. The zero-order valence-electron chi connectivity index (χ0n) is 18.2. The summed E-state index contributed by atoms with van der Waals surface area (Å²) in [5.41, 5.74) is 3.35. The number of carbonyl (C=O) groups is 1. The first-order chi connectivity index (χ1) is 16.3. The molecule has 2 aromatic carbocycles. The van der Waals surface area contributed by atoms with Gasteiger partial charge < -0.3 is 14.5 Å². The van der Waals surface area contributed by atoms with Crippen LogP contribution in [0.2, 0.25) is 0 Å². The highest BCUT2D eigenvalue weighted by atomic mass is 19.2. The highest BCUT2D eigenvalue weighted by Gasteiger charge is 2.21. The molecule has 0 saturated carbocycles. The van der Waals surface area contributed by atoms with Crippen LogP contribution in [0.1, 0.15) is 33.3 Å². The number of halogens is 4. The van der Waals surface area contributed by atoms with Crippen molar-refractivity contribution in [1.29, 1.82) is 0 Å². The van der Waals surface area contributed by atoms with Crippen molar-refractivity contribution in [3.63, 3.8) is 0 Å². The molecule has 0 aliphatic rings. The standard InChI is InChI=1S/C24H19F4N3O3/c1-13-17(14(2)31(30-13)15-6-4-3-5-7-15)11-29-24(32)20-9-8-16(34-20)12-33-23-21(27)18(25)10-19(26)22(23)28/h3-10H,11-12H2,1-2H3,(H,29,32). The number of hydrogen-bond acceptors (Lipinski definition) is 4. The van der Waals surface area contributed by atoms with E-state index in [1.54, 1.807) is 4.68 Å². The van der Waals surface area contributed by atoms with Crippen LogP contribution in [-0.2, 0) is 13.2 Å². The molecule has 4 aromatic rings. The normalized spacial score (nSPS) is 11.0. The third-order valence-electron chi connectivity index (χ3n) is 5.18. The quantitative estimate of drug-likeness (QED) is 0.298. The molecule has 1 amide bonds. The molecule has 34 heavy (non-hydrogen) atoms. The molecule has 0 saturated heterocycles. The van der Waals surface area contributed by atoms with E-state index in [9.17, 15) is 22.4 Å². The van der Waals surface area contributed by atoms with E-state index in [1.807, 2.05) is 44.2 Å². The summed E-state index contributed by atoms with van der Waals surface area (Å²) in [6.07, 6.45) is 0. The maximum atomic E-state index is 13.7. The maximum Gasteiger partial charge on any atom is 0.287 e. The Labute approximate surface area is 191 Å². The van der Waals surface area contributed by atoms with Gasteiger partial charge >= 0.3 is 0 Å². The Morgan fingerprint density at radius 1 is 1.03 bits per heavy atom. The Kier molecular flexibility index (Phi) is 6.40. The molecule has 10 heteroatoms. The van der Waals surface area contributed by atoms with Gasteiger partial charge in [0.25, 0.3) is 5.91 Å².